The molecule has 1 aliphatic carbocycles. The summed E-state index contributed by atoms with van der Waals surface area (Å²) in [6, 6.07) is 2.93. The molecule has 0 unspecified atom stereocenters. The molecular weight excluding hydrogens is 226 g/mol. The summed E-state index contributed by atoms with van der Waals surface area (Å²) in [5.41, 5.74) is 0. The Morgan fingerprint density at radius 3 is 3.06 bits per heavy atom. The Bertz CT molecular complexity index is 415. The van der Waals surface area contributed by atoms with Crippen LogP contribution in [0, 0.1) is 5.92 Å². The minimum Gasteiger partial charge on any atom is -0.315 e. The summed E-state index contributed by atoms with van der Waals surface area (Å²) in [7, 11) is 0. The number of halogens is 1. The van der Waals surface area contributed by atoms with Crippen LogP contribution in [0.2, 0.25) is 5.02 Å². The fraction of sp³-hybridized carbons (Fsp3) is 0.273. The first-order valence-corrected chi connectivity index (χ1v) is 5.47. The van der Waals surface area contributed by atoms with Crippen LogP contribution in [0.1, 0.15) is 12.8 Å². The van der Waals surface area contributed by atoms with E-state index in [9.17, 15) is 4.79 Å². The Labute approximate surface area is 98.7 Å². The van der Waals surface area contributed by atoms with Crippen LogP contribution in [-0.4, -0.2) is 11.0 Å². The summed E-state index contributed by atoms with van der Waals surface area (Å²) in [6.45, 7) is 0. The molecule has 1 saturated carbocycles. The maximum atomic E-state index is 11.4. The average Bonchev–Trinajstić information content (AvgIpc) is 3.01. The highest BCUT2D eigenvalue weighted by molar-refractivity contribution is 6.30. The number of amides is 2. The lowest BCUT2D eigenvalue weighted by molar-refractivity contribution is 0.255. The lowest BCUT2D eigenvalue weighted by Gasteiger charge is -2.03. The van der Waals surface area contributed by atoms with Crippen molar-refractivity contribution in [2.24, 2.45) is 5.92 Å². The zero-order valence-corrected chi connectivity index (χ0v) is 9.37. The molecule has 1 fully saturated rings. The van der Waals surface area contributed by atoms with E-state index in [-0.39, 0.29) is 6.03 Å². The van der Waals surface area contributed by atoms with Gasteiger partial charge in [0.15, 0.2) is 0 Å². The first-order chi connectivity index (χ1) is 7.74. The number of pyridine rings is 1. The van der Waals surface area contributed by atoms with Gasteiger partial charge in [0.1, 0.15) is 5.82 Å². The van der Waals surface area contributed by atoms with Gasteiger partial charge in [0.05, 0.1) is 0 Å². The minimum atomic E-state index is -0.313. The third kappa shape index (κ3) is 3.55. The van der Waals surface area contributed by atoms with Crippen LogP contribution in [0.15, 0.2) is 30.6 Å². The molecule has 2 rings (SSSR count). The molecule has 0 bridgehead atoms. The van der Waals surface area contributed by atoms with E-state index >= 15 is 0 Å². The van der Waals surface area contributed by atoms with Crippen LogP contribution >= 0.6 is 11.6 Å². The third-order valence-electron chi connectivity index (χ3n) is 2.17. The Morgan fingerprint density at radius 1 is 1.56 bits per heavy atom. The summed E-state index contributed by atoms with van der Waals surface area (Å²) in [5.74, 6) is 1.08. The Balaban J connectivity index is 1.81. The highest BCUT2D eigenvalue weighted by Crippen LogP contribution is 2.29. The number of anilines is 1. The molecular formula is C11H12ClN3O. The predicted octanol–water partition coefficient (Wildman–Crippen LogP) is 2.78. The number of hydrogen-bond acceptors (Lipinski definition) is 2. The molecule has 1 aliphatic rings. The number of allylic oxidation sites excluding steroid dienone is 1. The van der Waals surface area contributed by atoms with Gasteiger partial charge in [-0.2, -0.15) is 0 Å². The number of carbonyl (C=O) groups is 1. The highest BCUT2D eigenvalue weighted by atomic mass is 35.5. The van der Waals surface area contributed by atoms with Crippen LogP contribution in [0.4, 0.5) is 10.6 Å². The van der Waals surface area contributed by atoms with E-state index in [1.54, 1.807) is 18.3 Å². The topological polar surface area (TPSA) is 54.0 Å². The van der Waals surface area contributed by atoms with Crippen molar-refractivity contribution in [2.45, 2.75) is 12.8 Å². The largest absolute Gasteiger partial charge is 0.324 e. The molecule has 2 amide bonds. The number of carbonyl (C=O) groups excluding carboxylic acids is 1. The van der Waals surface area contributed by atoms with E-state index in [1.807, 2.05) is 6.08 Å². The summed E-state index contributed by atoms with van der Waals surface area (Å²) in [4.78, 5) is 15.3. The van der Waals surface area contributed by atoms with Crippen molar-refractivity contribution < 1.29 is 4.79 Å². The summed E-state index contributed by atoms with van der Waals surface area (Å²) in [5, 5.41) is 5.73. The van der Waals surface area contributed by atoms with Crippen molar-refractivity contribution in [3.63, 3.8) is 0 Å². The van der Waals surface area contributed by atoms with Gasteiger partial charge in [0.2, 0.25) is 0 Å². The summed E-state index contributed by atoms with van der Waals surface area (Å²) >= 11 is 5.76. The van der Waals surface area contributed by atoms with Crippen LogP contribution in [-0.2, 0) is 0 Å². The lowest BCUT2D eigenvalue weighted by atomic mass is 10.4. The summed E-state index contributed by atoms with van der Waals surface area (Å²) in [6.07, 6.45) is 7.63. The lowest BCUT2D eigenvalue weighted by Crippen LogP contribution is -2.24. The van der Waals surface area contributed by atoms with Gasteiger partial charge in [-0.3, -0.25) is 5.32 Å². The number of urea groups is 1. The summed E-state index contributed by atoms with van der Waals surface area (Å²) < 4.78 is 0. The Hall–Kier alpha value is -1.55. The zero-order valence-electron chi connectivity index (χ0n) is 8.61. The van der Waals surface area contributed by atoms with Crippen LogP contribution < -0.4 is 10.6 Å². The van der Waals surface area contributed by atoms with Gasteiger partial charge in [-0.1, -0.05) is 17.7 Å². The van der Waals surface area contributed by atoms with Crippen molar-refractivity contribution in [2.75, 3.05) is 5.32 Å². The van der Waals surface area contributed by atoms with Gasteiger partial charge in [-0.25, -0.2) is 9.78 Å². The van der Waals surface area contributed by atoms with Crippen LogP contribution in [0.5, 0.6) is 0 Å². The molecule has 1 heterocycles. The maximum Gasteiger partial charge on any atom is 0.324 e. The normalized spacial score (nSPS) is 15.1. The van der Waals surface area contributed by atoms with Gasteiger partial charge in [0, 0.05) is 17.4 Å². The van der Waals surface area contributed by atoms with Gasteiger partial charge in [-0.15, -0.1) is 0 Å². The van der Waals surface area contributed by atoms with Crippen molar-refractivity contribution in [1.82, 2.24) is 10.3 Å². The van der Waals surface area contributed by atoms with Gasteiger partial charge < -0.3 is 5.32 Å². The average molecular weight is 238 g/mol. The fourth-order valence-electron chi connectivity index (χ4n) is 1.17. The van der Waals surface area contributed by atoms with E-state index in [0.29, 0.717) is 16.8 Å². The quantitative estimate of drug-likeness (QED) is 0.849. The molecule has 84 valence electrons. The monoisotopic (exact) mass is 237 g/mol. The van der Waals surface area contributed by atoms with Crippen molar-refractivity contribution in [3.8, 4) is 0 Å². The predicted molar refractivity (Wildman–Crippen MR) is 63.3 cm³/mol. The number of nitrogens with zero attached hydrogens (tertiary/aromatic N) is 1. The molecule has 0 aromatic carbocycles. The molecule has 0 radical (unpaired) electrons. The molecule has 4 nitrogen and oxygen atoms in total. The van der Waals surface area contributed by atoms with E-state index in [1.165, 1.54) is 19.0 Å². The fourth-order valence-corrected chi connectivity index (χ4v) is 1.33. The number of nitrogens with one attached hydrogen (secondary N) is 2. The van der Waals surface area contributed by atoms with E-state index < -0.39 is 0 Å². The second-order valence-electron chi connectivity index (χ2n) is 3.65. The molecule has 0 atom stereocenters. The minimum absolute atomic E-state index is 0.313. The first kappa shape index (κ1) is 11.0. The highest BCUT2D eigenvalue weighted by Gasteiger charge is 2.17. The first-order valence-electron chi connectivity index (χ1n) is 5.10. The van der Waals surface area contributed by atoms with Crippen LogP contribution in [0.3, 0.4) is 0 Å². The molecule has 1 aromatic heterocycles. The zero-order chi connectivity index (χ0) is 11.4. The number of aromatic nitrogens is 1. The van der Waals surface area contributed by atoms with Gasteiger partial charge >= 0.3 is 6.03 Å². The molecule has 5 heteroatoms. The van der Waals surface area contributed by atoms with Gasteiger partial charge in [-0.05, 0) is 30.9 Å². The standard InChI is InChI=1S/C11H12ClN3O/c12-9-4-6-13-10(7-9)15-11(16)14-5-3-8-1-2-8/h3-8H,1-2H2,(H2,13,14,15,16)/b5-3+. The Kier molecular flexibility index (Phi) is 3.41. The number of rotatable bonds is 3. The second kappa shape index (κ2) is 4.99. The molecule has 0 saturated heterocycles. The van der Waals surface area contributed by atoms with Gasteiger partial charge in [0.25, 0.3) is 0 Å². The van der Waals surface area contributed by atoms with E-state index in [0.717, 1.165) is 0 Å². The smallest absolute Gasteiger partial charge is 0.315 e. The van der Waals surface area contributed by atoms with Crippen molar-refractivity contribution in [3.05, 3.63) is 35.6 Å². The number of hydrogen-bond donors (Lipinski definition) is 2. The maximum absolute atomic E-state index is 11.4. The molecule has 0 spiro atoms. The second-order valence-corrected chi connectivity index (χ2v) is 4.09. The third-order valence-corrected chi connectivity index (χ3v) is 2.40. The molecule has 2 N–H and O–H groups in total. The SMILES string of the molecule is O=C(N/C=C/C1CC1)Nc1cc(Cl)ccn1. The van der Waals surface area contributed by atoms with Crippen LogP contribution in [0.25, 0.3) is 0 Å². The van der Waals surface area contributed by atoms with E-state index in [4.69, 9.17) is 11.6 Å². The molecule has 1 aromatic rings. The molecule has 16 heavy (non-hydrogen) atoms. The Morgan fingerprint density at radius 2 is 2.38 bits per heavy atom. The molecule has 0 aliphatic heterocycles. The van der Waals surface area contributed by atoms with Crippen molar-refractivity contribution in [1.29, 1.82) is 0 Å². The van der Waals surface area contributed by atoms with E-state index in [2.05, 4.69) is 15.6 Å². The van der Waals surface area contributed by atoms with Crippen molar-refractivity contribution >= 4 is 23.4 Å².